The summed E-state index contributed by atoms with van der Waals surface area (Å²) < 4.78 is 43.1. The average molecular weight is 927 g/mol. The van der Waals surface area contributed by atoms with Crippen LogP contribution in [0, 0.1) is 0 Å². The van der Waals surface area contributed by atoms with Crippen LogP contribution in [0.5, 0.6) is 11.5 Å². The maximum atomic E-state index is 13.8. The molecule has 0 heterocycles. The Hall–Kier alpha value is -6.84. The molecule has 21 nitrogen and oxygen atoms in total. The molecule has 22 heteroatoms. The van der Waals surface area contributed by atoms with Crippen LogP contribution in [0.2, 0.25) is 0 Å². The lowest BCUT2D eigenvalue weighted by atomic mass is 10.1. The normalized spacial score (nSPS) is 12.5. The Morgan fingerprint density at radius 2 is 1.06 bits per heavy atom. The van der Waals surface area contributed by atoms with Crippen LogP contribution in [0.15, 0.2) is 96.6 Å². The van der Waals surface area contributed by atoms with Crippen molar-refractivity contribution in [1.82, 2.24) is 16.0 Å². The average Bonchev–Trinajstić information content (AvgIpc) is 3.25. The lowest BCUT2D eigenvalue weighted by Gasteiger charge is -2.25. The molecule has 0 saturated heterocycles. The fourth-order valence-corrected chi connectivity index (χ4v) is 7.17. The van der Waals surface area contributed by atoms with Crippen LogP contribution in [0.1, 0.15) is 72.1 Å². The summed E-state index contributed by atoms with van der Waals surface area (Å²) in [4.78, 5) is 64.9. The Balaban J connectivity index is 2.15. The molecule has 3 atom stereocenters. The second-order valence-electron chi connectivity index (χ2n) is 15.0. The first-order chi connectivity index (χ1) is 30.8. The molecule has 2 aromatic carbocycles. The van der Waals surface area contributed by atoms with Crippen LogP contribution >= 0.6 is 0 Å². The molecule has 2 aromatic rings. The van der Waals surface area contributed by atoms with E-state index in [1.165, 1.54) is 47.5 Å². The van der Waals surface area contributed by atoms with E-state index in [9.17, 15) is 27.6 Å². The van der Waals surface area contributed by atoms with Crippen LogP contribution in [0.25, 0.3) is 0 Å². The summed E-state index contributed by atoms with van der Waals surface area (Å²) >= 11 is 0. The number of guanidine groups is 3. The number of esters is 1. The summed E-state index contributed by atoms with van der Waals surface area (Å²) in [7, 11) is -2.74. The zero-order valence-electron chi connectivity index (χ0n) is 37.6. The number of nitrogens with two attached hydrogens (primary N) is 6. The maximum Gasteiger partial charge on any atom is 0.328 e. The van der Waals surface area contributed by atoms with Gasteiger partial charge in [-0.3, -0.25) is 29.4 Å². The van der Waals surface area contributed by atoms with Crippen molar-refractivity contribution in [3.05, 3.63) is 71.8 Å². The Morgan fingerprint density at radius 1 is 0.631 bits per heavy atom. The third-order valence-corrected chi connectivity index (χ3v) is 11.1. The van der Waals surface area contributed by atoms with Crippen molar-refractivity contribution < 1.29 is 41.8 Å². The van der Waals surface area contributed by atoms with Crippen LogP contribution in [0.3, 0.4) is 0 Å². The van der Waals surface area contributed by atoms with E-state index in [0.717, 1.165) is 20.0 Å². The minimum absolute atomic E-state index is 0.00357. The first-order valence-electron chi connectivity index (χ1n) is 21.0. The van der Waals surface area contributed by atoms with Gasteiger partial charge in [-0.1, -0.05) is 17.2 Å². The van der Waals surface area contributed by atoms with Gasteiger partial charge in [-0.2, -0.15) is 0 Å². The van der Waals surface area contributed by atoms with Crippen molar-refractivity contribution in [2.24, 2.45) is 49.4 Å². The SMILES string of the molecule is COC(=O)[C@H](CCCN=C(N)N)NC(=O)[C@H](CCCN=C(N)N)NC(=O)[C@H](CCCN=C(N)N)NC(=O)COc1ccc(S(=O)(=O)c2ccc(OC/C=C(/C)CCC=C(C)C)cc2)cc1. The van der Waals surface area contributed by atoms with Gasteiger partial charge in [0.2, 0.25) is 21.7 Å². The second kappa shape index (κ2) is 28.8. The number of ether oxygens (including phenoxy) is 3. The highest BCUT2D eigenvalue weighted by atomic mass is 32.2. The quantitative estimate of drug-likeness (QED) is 0.0179. The number of nitrogens with one attached hydrogen (secondary N) is 3. The van der Waals surface area contributed by atoms with Crippen molar-refractivity contribution in [3.63, 3.8) is 0 Å². The summed E-state index contributed by atoms with van der Waals surface area (Å²) in [6.45, 7) is 6.40. The lowest BCUT2D eigenvalue weighted by molar-refractivity contribution is -0.145. The van der Waals surface area contributed by atoms with Crippen LogP contribution in [0.4, 0.5) is 0 Å². The van der Waals surface area contributed by atoms with E-state index >= 15 is 0 Å². The van der Waals surface area contributed by atoms with Crippen LogP contribution < -0.4 is 59.8 Å². The zero-order chi connectivity index (χ0) is 48.4. The molecule has 0 saturated carbocycles. The van der Waals surface area contributed by atoms with Crippen molar-refractivity contribution in [2.45, 2.75) is 100 Å². The highest BCUT2D eigenvalue weighted by molar-refractivity contribution is 7.91. The van der Waals surface area contributed by atoms with Crippen molar-refractivity contribution in [2.75, 3.05) is 40.0 Å². The predicted octanol–water partition coefficient (Wildman–Crippen LogP) is 0.758. The lowest BCUT2D eigenvalue weighted by Crippen LogP contribution is -2.56. The Labute approximate surface area is 380 Å². The van der Waals surface area contributed by atoms with Gasteiger partial charge in [-0.15, -0.1) is 0 Å². The molecular weight excluding hydrogens is 861 g/mol. The number of carbonyl (C=O) groups excluding carboxylic acids is 4. The summed E-state index contributed by atoms with van der Waals surface area (Å²) in [5.41, 5.74) is 35.0. The monoisotopic (exact) mass is 926 g/mol. The number of amides is 3. The Kier molecular flexibility index (Phi) is 24.0. The molecule has 0 unspecified atom stereocenters. The molecule has 0 aromatic heterocycles. The fraction of sp³-hybridized carbons (Fsp3) is 0.465. The van der Waals surface area contributed by atoms with Crippen LogP contribution in [-0.4, -0.2) is 108 Å². The maximum absolute atomic E-state index is 13.8. The summed E-state index contributed by atoms with van der Waals surface area (Å²) in [6, 6.07) is 8.10. The van der Waals surface area contributed by atoms with Gasteiger partial charge in [-0.25, -0.2) is 13.2 Å². The van der Waals surface area contributed by atoms with E-state index in [0.29, 0.717) is 18.8 Å². The van der Waals surface area contributed by atoms with Gasteiger partial charge in [-0.05, 0) is 127 Å². The van der Waals surface area contributed by atoms with Gasteiger partial charge in [0.1, 0.15) is 36.2 Å². The van der Waals surface area contributed by atoms with Crippen molar-refractivity contribution >= 4 is 51.4 Å². The number of methoxy groups -OCH3 is 1. The second-order valence-corrected chi connectivity index (χ2v) is 17.0. The molecule has 3 amide bonds. The van der Waals surface area contributed by atoms with Gasteiger partial charge in [0, 0.05) is 19.6 Å². The van der Waals surface area contributed by atoms with E-state index in [1.807, 2.05) is 13.0 Å². The third-order valence-electron chi connectivity index (χ3n) is 9.33. The largest absolute Gasteiger partial charge is 0.490 e. The van der Waals surface area contributed by atoms with Gasteiger partial charge in [0.15, 0.2) is 24.5 Å². The molecule has 0 radical (unpaired) electrons. The van der Waals surface area contributed by atoms with E-state index < -0.39 is 58.3 Å². The van der Waals surface area contributed by atoms with Crippen LogP contribution in [-0.2, 0) is 33.8 Å². The number of allylic oxidation sites excluding steroid dienone is 3. The summed E-state index contributed by atoms with van der Waals surface area (Å²) in [5.74, 6) is -2.66. The fourth-order valence-electron chi connectivity index (χ4n) is 5.91. The molecule has 358 valence electrons. The van der Waals surface area contributed by atoms with Gasteiger partial charge >= 0.3 is 5.97 Å². The molecular formula is C43H66N12O9S. The minimum atomic E-state index is -3.90. The molecule has 0 fully saturated rings. The zero-order valence-corrected chi connectivity index (χ0v) is 38.4. The molecule has 15 N–H and O–H groups in total. The number of rotatable bonds is 29. The summed E-state index contributed by atoms with van der Waals surface area (Å²) in [6.07, 6.45) is 7.06. The van der Waals surface area contributed by atoms with E-state index in [-0.39, 0.29) is 85.2 Å². The van der Waals surface area contributed by atoms with Gasteiger partial charge < -0.3 is 64.6 Å². The molecule has 0 aliphatic carbocycles. The van der Waals surface area contributed by atoms with E-state index in [1.54, 1.807) is 12.1 Å². The molecule has 65 heavy (non-hydrogen) atoms. The number of carbonyl (C=O) groups is 4. The molecule has 2 rings (SSSR count). The molecule has 0 spiro atoms. The first kappa shape index (κ1) is 54.3. The number of hydrogen-bond donors (Lipinski definition) is 9. The smallest absolute Gasteiger partial charge is 0.328 e. The minimum Gasteiger partial charge on any atom is -0.490 e. The number of aliphatic imine (C=N–C) groups is 3. The van der Waals surface area contributed by atoms with E-state index in [4.69, 9.17) is 48.6 Å². The summed E-state index contributed by atoms with van der Waals surface area (Å²) in [5, 5.41) is 7.88. The molecule has 0 aliphatic rings. The topological polar surface area (TPSA) is 359 Å². The Morgan fingerprint density at radius 3 is 1.51 bits per heavy atom. The van der Waals surface area contributed by atoms with Gasteiger partial charge in [0.25, 0.3) is 5.91 Å². The molecule has 0 aliphatic heterocycles. The van der Waals surface area contributed by atoms with E-state index in [2.05, 4.69) is 50.9 Å². The van der Waals surface area contributed by atoms with Gasteiger partial charge in [0.05, 0.1) is 16.9 Å². The predicted molar refractivity (Wildman–Crippen MR) is 249 cm³/mol. The Bertz CT molecular complexity index is 2110. The van der Waals surface area contributed by atoms with Crippen molar-refractivity contribution in [3.8, 4) is 11.5 Å². The highest BCUT2D eigenvalue weighted by Crippen LogP contribution is 2.25. The number of benzene rings is 2. The number of hydrogen-bond acceptors (Lipinski definition) is 12. The third kappa shape index (κ3) is 21.9. The van der Waals surface area contributed by atoms with Crippen molar-refractivity contribution in [1.29, 1.82) is 0 Å². The molecule has 0 bridgehead atoms. The standard InChI is InChI=1S/C43H66N12O9S/c1-28(2)9-5-10-29(3)22-26-63-30-14-18-32(19-15-30)65(60,61)33-20-16-31(17-21-33)64-27-37(56)53-34(11-6-23-50-41(44)45)38(57)54-35(12-7-24-51-42(46)47)39(58)55-36(40(59)62-4)13-8-25-52-43(48)49/h9,14-22,34-36H,5-8,10-13,23-27H2,1-4H3,(H,53,56)(H,54,57)(H,55,58)(H4,44,45,50)(H4,46,47,51)(H4,48,49,52)/b29-22-/t34-,35-,36-/m0/s1. The highest BCUT2D eigenvalue weighted by Gasteiger charge is 2.30. The number of sulfone groups is 1. The first-order valence-corrected chi connectivity index (χ1v) is 22.4. The number of nitrogens with zero attached hydrogens (tertiary/aromatic N) is 3.